The van der Waals surface area contributed by atoms with Gasteiger partial charge in [-0.15, -0.1) is 0 Å². The van der Waals surface area contributed by atoms with Crippen LogP contribution in [0.3, 0.4) is 0 Å². The minimum absolute atomic E-state index is 0.0244. The van der Waals surface area contributed by atoms with Gasteiger partial charge in [-0.1, -0.05) is 0 Å². The maximum Gasteiger partial charge on any atom is 0.229 e. The lowest BCUT2D eigenvalue weighted by Gasteiger charge is -2.45. The molecule has 15 atom stereocenters. The number of benzene rings is 2. The third kappa shape index (κ3) is 7.71. The minimum atomic E-state index is -1.90. The molecule has 20 heteroatoms. The SMILES string of the molecule is O=c1cc(-c2ccc(OC3OC(CO)C(O)C(O)C3O)cc2)oc2cc(OC3OC(CO)C(OC4OC(CO)C(O)C(O)C4O)C(O)C3O)cc(O)c12. The monoisotopic (exact) mass is 756 g/mol. The summed E-state index contributed by atoms with van der Waals surface area (Å²) < 4.78 is 39.0. The van der Waals surface area contributed by atoms with Crippen molar-refractivity contribution in [2.75, 3.05) is 19.8 Å². The second-order valence-corrected chi connectivity index (χ2v) is 12.8. The molecule has 53 heavy (non-hydrogen) atoms. The van der Waals surface area contributed by atoms with E-state index in [1.807, 2.05) is 0 Å². The molecule has 292 valence electrons. The van der Waals surface area contributed by atoms with Gasteiger partial charge in [0, 0.05) is 23.8 Å². The van der Waals surface area contributed by atoms with Gasteiger partial charge in [0.1, 0.15) is 107 Å². The zero-order valence-corrected chi connectivity index (χ0v) is 27.5. The first kappa shape index (κ1) is 39.2. The van der Waals surface area contributed by atoms with Crippen LogP contribution >= 0.6 is 0 Å². The van der Waals surface area contributed by atoms with E-state index in [9.17, 15) is 66.1 Å². The second-order valence-electron chi connectivity index (χ2n) is 12.8. The summed E-state index contributed by atoms with van der Waals surface area (Å²) >= 11 is 0. The number of phenols is 1. The average molecular weight is 757 g/mol. The lowest BCUT2D eigenvalue weighted by molar-refractivity contribution is -0.352. The number of phenolic OH excluding ortho intramolecular Hbond substituents is 1. The standard InChI is InChI=1S/C33H40O20/c34-8-18-22(39)24(41)27(44)31(50-18)47-12-3-1-11(2-4-12)16-7-15(38)21-14(37)5-13(6-17(21)49-16)48-32-29(46)26(43)30(20(10-36)52-32)53-33-28(45)25(42)23(40)19(9-35)51-33/h1-7,18-20,22-37,39-46H,8-10H2. The quantitative estimate of drug-likeness (QED) is 0.0925. The molecule has 4 heterocycles. The van der Waals surface area contributed by atoms with Gasteiger partial charge in [0.25, 0.3) is 0 Å². The van der Waals surface area contributed by atoms with E-state index in [0.29, 0.717) is 5.56 Å². The van der Waals surface area contributed by atoms with E-state index in [1.165, 1.54) is 30.3 Å². The van der Waals surface area contributed by atoms with Crippen LogP contribution in [-0.2, 0) is 18.9 Å². The van der Waals surface area contributed by atoms with Crippen LogP contribution in [0.4, 0.5) is 0 Å². The summed E-state index contributed by atoms with van der Waals surface area (Å²) in [6.45, 7) is -2.22. The Balaban J connectivity index is 1.17. The Hall–Kier alpha value is -3.55. The number of hydrogen-bond acceptors (Lipinski definition) is 20. The maximum absolute atomic E-state index is 13.0. The van der Waals surface area contributed by atoms with Crippen LogP contribution in [0.5, 0.6) is 17.2 Å². The number of aromatic hydroxyl groups is 1. The molecule has 3 fully saturated rings. The molecule has 1 aromatic heterocycles. The van der Waals surface area contributed by atoms with E-state index < -0.39 is 123 Å². The molecule has 2 aromatic carbocycles. The molecule has 3 saturated heterocycles. The molecule has 3 aliphatic heterocycles. The summed E-state index contributed by atoms with van der Waals surface area (Å²) in [7, 11) is 0. The number of ether oxygens (including phenoxy) is 6. The first-order valence-electron chi connectivity index (χ1n) is 16.4. The fourth-order valence-corrected chi connectivity index (χ4v) is 6.24. The van der Waals surface area contributed by atoms with E-state index in [0.717, 1.165) is 12.1 Å². The Morgan fingerprint density at radius 1 is 0.566 bits per heavy atom. The smallest absolute Gasteiger partial charge is 0.229 e. The number of hydrogen-bond donors (Lipinski definition) is 12. The predicted octanol–water partition coefficient (Wildman–Crippen LogP) is -4.65. The van der Waals surface area contributed by atoms with E-state index >= 15 is 0 Å². The molecule has 0 amide bonds. The summed E-state index contributed by atoms with van der Waals surface area (Å²) in [5.41, 5.74) is -0.469. The van der Waals surface area contributed by atoms with Crippen LogP contribution < -0.4 is 14.9 Å². The van der Waals surface area contributed by atoms with Crippen LogP contribution in [0.1, 0.15) is 0 Å². The molecule has 0 aliphatic carbocycles. The van der Waals surface area contributed by atoms with Crippen LogP contribution in [0.2, 0.25) is 0 Å². The zero-order valence-electron chi connectivity index (χ0n) is 27.5. The van der Waals surface area contributed by atoms with E-state index in [-0.39, 0.29) is 28.2 Å². The third-order valence-corrected chi connectivity index (χ3v) is 9.24. The van der Waals surface area contributed by atoms with Gasteiger partial charge in [0.15, 0.2) is 11.7 Å². The maximum atomic E-state index is 13.0. The van der Waals surface area contributed by atoms with Gasteiger partial charge in [-0.25, -0.2) is 0 Å². The van der Waals surface area contributed by atoms with Crippen molar-refractivity contribution in [3.05, 3.63) is 52.7 Å². The van der Waals surface area contributed by atoms with Crippen LogP contribution in [0.15, 0.2) is 51.7 Å². The van der Waals surface area contributed by atoms with E-state index in [4.69, 9.17) is 32.8 Å². The highest BCUT2D eigenvalue weighted by Crippen LogP contribution is 2.35. The molecule has 0 bridgehead atoms. The predicted molar refractivity (Wildman–Crippen MR) is 171 cm³/mol. The molecule has 0 saturated carbocycles. The van der Waals surface area contributed by atoms with Crippen LogP contribution in [0, 0.1) is 0 Å². The molecule has 15 unspecified atom stereocenters. The van der Waals surface area contributed by atoms with Crippen molar-refractivity contribution in [3.8, 4) is 28.6 Å². The lowest BCUT2D eigenvalue weighted by atomic mass is 9.97. The third-order valence-electron chi connectivity index (χ3n) is 9.24. The van der Waals surface area contributed by atoms with Crippen molar-refractivity contribution < 1.29 is 94.1 Å². The molecule has 12 N–H and O–H groups in total. The van der Waals surface area contributed by atoms with Crippen molar-refractivity contribution in [2.45, 2.75) is 92.1 Å². The molecule has 0 spiro atoms. The summed E-state index contributed by atoms with van der Waals surface area (Å²) in [5, 5.41) is 122. The van der Waals surface area contributed by atoms with Crippen molar-refractivity contribution in [1.29, 1.82) is 0 Å². The molecule has 6 rings (SSSR count). The Kier molecular flexibility index (Phi) is 11.9. The molecular formula is C33H40O20. The zero-order chi connectivity index (χ0) is 38.3. The summed E-state index contributed by atoms with van der Waals surface area (Å²) in [4.78, 5) is 13.0. The average Bonchev–Trinajstić information content (AvgIpc) is 3.14. The lowest BCUT2D eigenvalue weighted by Crippen LogP contribution is -2.65. The molecule has 20 nitrogen and oxygen atoms in total. The van der Waals surface area contributed by atoms with Crippen molar-refractivity contribution in [1.82, 2.24) is 0 Å². The first-order chi connectivity index (χ1) is 25.3. The van der Waals surface area contributed by atoms with E-state index in [1.54, 1.807) is 0 Å². The van der Waals surface area contributed by atoms with Gasteiger partial charge in [0.2, 0.25) is 12.6 Å². The Morgan fingerprint density at radius 3 is 1.66 bits per heavy atom. The number of fused-ring (bicyclic) bond motifs is 1. The minimum Gasteiger partial charge on any atom is -0.507 e. The van der Waals surface area contributed by atoms with Gasteiger partial charge in [0.05, 0.1) is 19.8 Å². The fourth-order valence-electron chi connectivity index (χ4n) is 6.24. The highest BCUT2D eigenvalue weighted by Gasteiger charge is 2.51. The van der Waals surface area contributed by atoms with Crippen molar-refractivity contribution in [2.24, 2.45) is 0 Å². The largest absolute Gasteiger partial charge is 0.507 e. The normalized spacial score (nSPS) is 37.8. The van der Waals surface area contributed by atoms with Gasteiger partial charge in [-0.05, 0) is 24.3 Å². The fraction of sp³-hybridized carbons (Fsp3) is 0.545. The van der Waals surface area contributed by atoms with Crippen LogP contribution in [0.25, 0.3) is 22.3 Å². The van der Waals surface area contributed by atoms with Gasteiger partial charge < -0.3 is 94.1 Å². The summed E-state index contributed by atoms with van der Waals surface area (Å²) in [6, 6.07) is 9.15. The van der Waals surface area contributed by atoms with Crippen molar-refractivity contribution >= 4 is 11.0 Å². The number of aliphatic hydroxyl groups excluding tert-OH is 11. The highest BCUT2D eigenvalue weighted by atomic mass is 16.7. The highest BCUT2D eigenvalue weighted by molar-refractivity contribution is 5.86. The van der Waals surface area contributed by atoms with Gasteiger partial charge in [-0.2, -0.15) is 0 Å². The first-order valence-corrected chi connectivity index (χ1v) is 16.4. The molecule has 3 aromatic rings. The number of aliphatic hydroxyl groups is 11. The number of rotatable bonds is 10. The van der Waals surface area contributed by atoms with Crippen molar-refractivity contribution in [3.63, 3.8) is 0 Å². The van der Waals surface area contributed by atoms with E-state index in [2.05, 4.69) is 0 Å². The Labute approximate surface area is 298 Å². The molecule has 0 radical (unpaired) electrons. The molecule has 3 aliphatic rings. The van der Waals surface area contributed by atoms with Crippen LogP contribution in [-0.4, -0.2) is 173 Å². The summed E-state index contributed by atoms with van der Waals surface area (Å²) in [5.74, 6) is -0.615. The Bertz CT molecular complexity index is 1750. The molecular weight excluding hydrogens is 716 g/mol. The van der Waals surface area contributed by atoms with Gasteiger partial charge >= 0.3 is 0 Å². The second kappa shape index (κ2) is 16.0. The summed E-state index contributed by atoms with van der Waals surface area (Å²) in [6.07, 6.45) is -24.4. The topological polar surface area (TPSA) is 328 Å². The Morgan fingerprint density at radius 2 is 1.08 bits per heavy atom. The van der Waals surface area contributed by atoms with Gasteiger partial charge in [-0.3, -0.25) is 4.79 Å².